The van der Waals surface area contributed by atoms with Crippen LogP contribution in [0, 0.1) is 0 Å². The van der Waals surface area contributed by atoms with E-state index in [1.165, 1.54) is 18.3 Å². The van der Waals surface area contributed by atoms with Gasteiger partial charge in [0.2, 0.25) is 0 Å². The van der Waals surface area contributed by atoms with E-state index in [1.807, 2.05) is 0 Å². The van der Waals surface area contributed by atoms with Crippen LogP contribution in [0.2, 0.25) is 0 Å². The second-order valence-corrected chi connectivity index (χ2v) is 5.59. The number of fused-ring (bicyclic) bond motifs is 1. The fourth-order valence-electron chi connectivity index (χ4n) is 1.61. The van der Waals surface area contributed by atoms with Gasteiger partial charge in [-0.15, -0.1) is 0 Å². The first-order valence-electron chi connectivity index (χ1n) is 5.62. The number of aromatic nitrogens is 1. The summed E-state index contributed by atoms with van der Waals surface area (Å²) in [5, 5.41) is 0.272. The predicted molar refractivity (Wildman–Crippen MR) is 68.7 cm³/mol. The Labute approximate surface area is 122 Å². The summed E-state index contributed by atoms with van der Waals surface area (Å²) in [6, 6.07) is 3.89. The first-order chi connectivity index (χ1) is 10.2. The molecule has 0 bridgehead atoms. The summed E-state index contributed by atoms with van der Waals surface area (Å²) in [4.78, 5) is 15.0. The van der Waals surface area contributed by atoms with E-state index in [1.54, 1.807) is 0 Å². The zero-order valence-corrected chi connectivity index (χ0v) is 11.7. The van der Waals surface area contributed by atoms with Crippen molar-refractivity contribution in [2.24, 2.45) is 0 Å². The van der Waals surface area contributed by atoms with E-state index in [4.69, 9.17) is 0 Å². The molecular formula is C12H8F3NO5S. The van der Waals surface area contributed by atoms with Gasteiger partial charge in [0.05, 0.1) is 18.9 Å². The van der Waals surface area contributed by atoms with Crippen molar-refractivity contribution in [1.82, 2.24) is 4.98 Å². The van der Waals surface area contributed by atoms with Crippen molar-refractivity contribution < 1.29 is 35.3 Å². The third-order valence-electron chi connectivity index (χ3n) is 2.63. The Morgan fingerprint density at radius 2 is 1.91 bits per heavy atom. The van der Waals surface area contributed by atoms with Crippen molar-refractivity contribution in [2.45, 2.75) is 5.51 Å². The zero-order chi connectivity index (χ0) is 16.5. The molecule has 0 N–H and O–H groups in total. The van der Waals surface area contributed by atoms with Crippen LogP contribution in [-0.4, -0.2) is 32.0 Å². The molecule has 0 aliphatic rings. The maximum Gasteiger partial charge on any atom is 0.534 e. The van der Waals surface area contributed by atoms with Gasteiger partial charge in [-0.1, -0.05) is 6.07 Å². The SMILES string of the molecule is COC(=O)c1ccc2cncc(OS(=O)(=O)C(F)(F)F)c2c1. The molecule has 1 aromatic heterocycles. The van der Waals surface area contributed by atoms with Gasteiger partial charge in [-0.3, -0.25) is 4.98 Å². The highest BCUT2D eigenvalue weighted by molar-refractivity contribution is 7.88. The Morgan fingerprint density at radius 3 is 2.50 bits per heavy atom. The lowest BCUT2D eigenvalue weighted by Gasteiger charge is -2.11. The number of esters is 1. The second kappa shape index (κ2) is 5.44. The molecule has 0 fully saturated rings. The van der Waals surface area contributed by atoms with Gasteiger partial charge in [-0.05, 0) is 12.1 Å². The maximum atomic E-state index is 12.4. The molecule has 2 aromatic rings. The number of halogens is 3. The molecule has 0 spiro atoms. The predicted octanol–water partition coefficient (Wildman–Crippen LogP) is 2.25. The molecule has 1 heterocycles. The molecule has 0 amide bonds. The third-order valence-corrected chi connectivity index (χ3v) is 3.59. The first kappa shape index (κ1) is 16.0. The summed E-state index contributed by atoms with van der Waals surface area (Å²) in [5.74, 6) is -1.37. The summed E-state index contributed by atoms with van der Waals surface area (Å²) in [7, 11) is -4.71. The Balaban J connectivity index is 2.57. The number of carbonyl (C=O) groups is 1. The molecule has 1 aromatic carbocycles. The Bertz CT molecular complexity index is 832. The fraction of sp³-hybridized carbons (Fsp3) is 0.167. The largest absolute Gasteiger partial charge is 0.534 e. The average molecular weight is 335 g/mol. The van der Waals surface area contributed by atoms with Crippen molar-refractivity contribution in [2.75, 3.05) is 7.11 Å². The van der Waals surface area contributed by atoms with E-state index in [0.717, 1.165) is 19.4 Å². The van der Waals surface area contributed by atoms with Crippen LogP contribution in [0.25, 0.3) is 10.8 Å². The molecule has 0 saturated heterocycles. The summed E-state index contributed by atoms with van der Waals surface area (Å²) >= 11 is 0. The van der Waals surface area contributed by atoms with E-state index < -0.39 is 27.3 Å². The third kappa shape index (κ3) is 2.96. The van der Waals surface area contributed by atoms with Gasteiger partial charge in [0.25, 0.3) is 0 Å². The number of hydrogen-bond donors (Lipinski definition) is 0. The normalized spacial score (nSPS) is 12.2. The monoisotopic (exact) mass is 335 g/mol. The minimum Gasteiger partial charge on any atom is -0.465 e. The lowest BCUT2D eigenvalue weighted by atomic mass is 10.1. The van der Waals surface area contributed by atoms with Crippen LogP contribution in [0.5, 0.6) is 5.75 Å². The second-order valence-electron chi connectivity index (χ2n) is 4.05. The van der Waals surface area contributed by atoms with Gasteiger partial charge in [0.1, 0.15) is 0 Å². The zero-order valence-electron chi connectivity index (χ0n) is 10.9. The van der Waals surface area contributed by atoms with Gasteiger partial charge in [0.15, 0.2) is 5.75 Å². The van der Waals surface area contributed by atoms with Gasteiger partial charge in [-0.2, -0.15) is 21.6 Å². The molecule has 22 heavy (non-hydrogen) atoms. The number of methoxy groups -OCH3 is 1. The molecule has 118 valence electrons. The summed E-state index contributed by atoms with van der Waals surface area (Å²) in [5.41, 5.74) is -5.55. The van der Waals surface area contributed by atoms with E-state index in [2.05, 4.69) is 13.9 Å². The van der Waals surface area contributed by atoms with E-state index in [9.17, 15) is 26.4 Å². The Morgan fingerprint density at radius 1 is 1.23 bits per heavy atom. The first-order valence-corrected chi connectivity index (χ1v) is 7.03. The molecule has 10 heteroatoms. The molecule has 0 saturated carbocycles. The van der Waals surface area contributed by atoms with Crippen molar-refractivity contribution in [3.8, 4) is 5.75 Å². The smallest absolute Gasteiger partial charge is 0.465 e. The summed E-state index contributed by atoms with van der Waals surface area (Å²) in [6.45, 7) is 0. The number of pyridine rings is 1. The number of ether oxygens (including phenoxy) is 1. The van der Waals surface area contributed by atoms with Gasteiger partial charge >= 0.3 is 21.6 Å². The van der Waals surface area contributed by atoms with E-state index >= 15 is 0 Å². The molecule has 0 atom stereocenters. The van der Waals surface area contributed by atoms with Crippen molar-refractivity contribution in [3.63, 3.8) is 0 Å². The van der Waals surface area contributed by atoms with Crippen LogP contribution in [0.15, 0.2) is 30.6 Å². The van der Waals surface area contributed by atoms with Crippen molar-refractivity contribution in [1.29, 1.82) is 0 Å². The van der Waals surface area contributed by atoms with Crippen LogP contribution in [-0.2, 0) is 14.9 Å². The highest BCUT2D eigenvalue weighted by Crippen LogP contribution is 2.31. The minimum absolute atomic E-state index is 0.0225. The standard InChI is InChI=1S/C12H8F3NO5S/c1-20-11(17)7-2-3-8-5-16-6-10(9(8)4-7)21-22(18,19)12(13,14)15/h2-6H,1H3. The topological polar surface area (TPSA) is 82.6 Å². The number of benzene rings is 1. The van der Waals surface area contributed by atoms with Gasteiger partial charge in [0, 0.05) is 17.0 Å². The number of rotatable bonds is 3. The highest BCUT2D eigenvalue weighted by Gasteiger charge is 2.48. The Hall–Kier alpha value is -2.36. The van der Waals surface area contributed by atoms with Crippen LogP contribution in [0.3, 0.4) is 0 Å². The number of alkyl halides is 3. The highest BCUT2D eigenvalue weighted by atomic mass is 32.2. The molecule has 6 nitrogen and oxygen atoms in total. The van der Waals surface area contributed by atoms with E-state index in [-0.39, 0.29) is 10.9 Å². The number of carbonyl (C=O) groups excluding carboxylic acids is 1. The maximum absolute atomic E-state index is 12.4. The van der Waals surface area contributed by atoms with Crippen LogP contribution < -0.4 is 4.18 Å². The fourth-order valence-corrected chi connectivity index (χ4v) is 2.08. The average Bonchev–Trinajstić information content (AvgIpc) is 2.45. The summed E-state index contributed by atoms with van der Waals surface area (Å²) in [6.07, 6.45) is 2.09. The van der Waals surface area contributed by atoms with Crippen LogP contribution >= 0.6 is 0 Å². The van der Waals surface area contributed by atoms with Gasteiger partial charge < -0.3 is 8.92 Å². The lowest BCUT2D eigenvalue weighted by molar-refractivity contribution is -0.0499. The molecule has 0 aliphatic carbocycles. The van der Waals surface area contributed by atoms with Crippen LogP contribution in [0.4, 0.5) is 13.2 Å². The molecule has 0 unspecified atom stereocenters. The molecule has 2 rings (SSSR count). The molecule has 0 aliphatic heterocycles. The Kier molecular flexibility index (Phi) is 3.96. The van der Waals surface area contributed by atoms with Gasteiger partial charge in [-0.25, -0.2) is 4.79 Å². The summed E-state index contributed by atoms with van der Waals surface area (Å²) < 4.78 is 67.8. The minimum atomic E-state index is -5.84. The van der Waals surface area contributed by atoms with Crippen molar-refractivity contribution in [3.05, 3.63) is 36.2 Å². The molecule has 0 radical (unpaired) electrons. The van der Waals surface area contributed by atoms with E-state index in [0.29, 0.717) is 5.39 Å². The van der Waals surface area contributed by atoms with Crippen molar-refractivity contribution >= 4 is 26.9 Å². The quantitative estimate of drug-likeness (QED) is 0.486. The lowest BCUT2D eigenvalue weighted by Crippen LogP contribution is -2.28. The molecular weight excluding hydrogens is 327 g/mol. The van der Waals surface area contributed by atoms with Crippen LogP contribution in [0.1, 0.15) is 10.4 Å². The number of nitrogens with zero attached hydrogens (tertiary/aromatic N) is 1. The number of hydrogen-bond acceptors (Lipinski definition) is 6.